The van der Waals surface area contributed by atoms with E-state index in [4.69, 9.17) is 9.26 Å². The molecule has 2 amide bonds. The number of ether oxygens (including phenoxy) is 1. The van der Waals surface area contributed by atoms with Gasteiger partial charge < -0.3 is 19.5 Å². The van der Waals surface area contributed by atoms with Crippen molar-refractivity contribution >= 4 is 36.7 Å². The number of carbonyl (C=O) groups excluding carboxylic acids is 1. The first-order chi connectivity index (χ1) is 11.2. The molecule has 138 valence electrons. The number of nitrogens with zero attached hydrogens (tertiary/aromatic N) is 3. The number of rotatable bonds is 4. The molecule has 1 aliphatic heterocycles. The van der Waals surface area contributed by atoms with Gasteiger partial charge in [-0.3, -0.25) is 10.3 Å². The minimum Gasteiger partial charge on any atom is -0.490 e. The van der Waals surface area contributed by atoms with Crippen molar-refractivity contribution < 1.29 is 14.1 Å². The molecule has 8 nitrogen and oxygen atoms in total. The summed E-state index contributed by atoms with van der Waals surface area (Å²) in [4.78, 5) is 18.2. The number of urea groups is 1. The molecule has 1 saturated heterocycles. The smallest absolute Gasteiger partial charge is 0.324 e. The lowest BCUT2D eigenvalue weighted by molar-refractivity contribution is 0.132. The fraction of sp³-hybridized carbons (Fsp3) is 0.400. The lowest BCUT2D eigenvalue weighted by atomic mass is 10.2. The molecule has 1 atom stereocenters. The van der Waals surface area contributed by atoms with Gasteiger partial charge in [-0.2, -0.15) is 0 Å². The van der Waals surface area contributed by atoms with Crippen LogP contribution in [-0.2, 0) is 0 Å². The fourth-order valence-corrected chi connectivity index (χ4v) is 2.40. The first kappa shape index (κ1) is 21.0. The van der Waals surface area contributed by atoms with Crippen LogP contribution in [0.3, 0.4) is 0 Å². The van der Waals surface area contributed by atoms with E-state index in [9.17, 15) is 4.79 Å². The zero-order valence-corrected chi connectivity index (χ0v) is 15.3. The quantitative estimate of drug-likeness (QED) is 0.831. The third-order valence-corrected chi connectivity index (χ3v) is 3.55. The monoisotopic (exact) mass is 389 g/mol. The van der Waals surface area contributed by atoms with E-state index < -0.39 is 0 Å². The number of aryl methyl sites for hydroxylation is 1. The molecule has 3 rings (SSSR count). The maximum atomic E-state index is 12.4. The van der Waals surface area contributed by atoms with Gasteiger partial charge in [-0.1, -0.05) is 5.16 Å². The molecule has 1 fully saturated rings. The molecule has 1 aliphatic rings. The van der Waals surface area contributed by atoms with Gasteiger partial charge in [0.1, 0.15) is 12.4 Å². The van der Waals surface area contributed by atoms with Gasteiger partial charge >= 0.3 is 6.03 Å². The molecule has 25 heavy (non-hydrogen) atoms. The minimum atomic E-state index is -0.220. The molecule has 1 unspecified atom stereocenters. The fourth-order valence-electron chi connectivity index (χ4n) is 2.40. The topological polar surface area (TPSA) is 92.5 Å². The summed E-state index contributed by atoms with van der Waals surface area (Å²) >= 11 is 0. The highest BCUT2D eigenvalue weighted by Gasteiger charge is 2.27. The Bertz CT molecular complexity index is 656. The average Bonchev–Trinajstić information content (AvgIpc) is 2.99. The van der Waals surface area contributed by atoms with Crippen molar-refractivity contribution in [3.05, 3.63) is 36.3 Å². The zero-order chi connectivity index (χ0) is 16.1. The summed E-state index contributed by atoms with van der Waals surface area (Å²) in [6.45, 7) is 4.20. The van der Waals surface area contributed by atoms with Crippen LogP contribution in [0.1, 0.15) is 5.69 Å². The lowest BCUT2D eigenvalue weighted by Gasteiger charge is -2.35. The maximum Gasteiger partial charge on any atom is 0.324 e. The van der Waals surface area contributed by atoms with Crippen LogP contribution in [0.25, 0.3) is 0 Å². The molecule has 3 heterocycles. The molecule has 0 spiro atoms. The molecular weight excluding hydrogens is 369 g/mol. The van der Waals surface area contributed by atoms with Crippen molar-refractivity contribution in [1.29, 1.82) is 0 Å². The summed E-state index contributed by atoms with van der Waals surface area (Å²) < 4.78 is 10.7. The number of piperazine rings is 1. The number of nitrogens with one attached hydrogen (secondary N) is 2. The third kappa shape index (κ3) is 5.77. The molecule has 2 aromatic heterocycles. The van der Waals surface area contributed by atoms with Gasteiger partial charge in [0.05, 0.1) is 17.9 Å². The third-order valence-electron chi connectivity index (χ3n) is 3.55. The lowest BCUT2D eigenvalue weighted by Crippen LogP contribution is -2.57. The predicted molar refractivity (Wildman–Crippen MR) is 97.9 cm³/mol. The summed E-state index contributed by atoms with van der Waals surface area (Å²) in [5.74, 6) is 1.03. The van der Waals surface area contributed by atoms with E-state index in [1.807, 2.05) is 12.1 Å². The van der Waals surface area contributed by atoms with Crippen LogP contribution in [0.15, 0.2) is 35.1 Å². The number of hydrogen-bond acceptors (Lipinski definition) is 6. The second kappa shape index (κ2) is 10.1. The maximum absolute atomic E-state index is 12.4. The Hall–Kier alpha value is -2.03. The Morgan fingerprint density at radius 2 is 2.36 bits per heavy atom. The molecule has 0 bridgehead atoms. The van der Waals surface area contributed by atoms with E-state index >= 15 is 0 Å². The van der Waals surface area contributed by atoms with Gasteiger partial charge in [0, 0.05) is 31.9 Å². The first-order valence-corrected chi connectivity index (χ1v) is 7.47. The molecule has 0 saturated carbocycles. The van der Waals surface area contributed by atoms with E-state index in [1.54, 1.807) is 30.3 Å². The summed E-state index contributed by atoms with van der Waals surface area (Å²) in [5.41, 5.74) is 0.720. The van der Waals surface area contributed by atoms with Crippen LogP contribution in [0.2, 0.25) is 0 Å². The standard InChI is InChI=1S/C15H19N5O3.2ClH/c1-11-7-14(23-19-11)18-15(21)20-6-5-17-8-12(20)10-22-13-3-2-4-16-9-13;;/h2-4,7,9,12,17H,5-6,8,10H2,1H3,(H,18,21);2*1H. The van der Waals surface area contributed by atoms with Gasteiger partial charge in [0.2, 0.25) is 5.88 Å². The van der Waals surface area contributed by atoms with Gasteiger partial charge in [0.25, 0.3) is 0 Å². The molecule has 0 radical (unpaired) electrons. The van der Waals surface area contributed by atoms with E-state index in [-0.39, 0.29) is 36.9 Å². The summed E-state index contributed by atoms with van der Waals surface area (Å²) in [7, 11) is 0. The normalized spacial score (nSPS) is 16.4. The van der Waals surface area contributed by atoms with Crippen LogP contribution in [0, 0.1) is 6.92 Å². The Labute approximate surface area is 158 Å². The molecule has 2 aromatic rings. The summed E-state index contributed by atoms with van der Waals surface area (Å²) in [6, 6.07) is 5.03. The second-order valence-electron chi connectivity index (χ2n) is 5.31. The van der Waals surface area contributed by atoms with Crippen LogP contribution in [0.5, 0.6) is 5.75 Å². The van der Waals surface area contributed by atoms with Crippen LogP contribution in [0.4, 0.5) is 10.7 Å². The van der Waals surface area contributed by atoms with Crippen molar-refractivity contribution in [3.8, 4) is 5.75 Å². The van der Waals surface area contributed by atoms with Crippen molar-refractivity contribution in [2.45, 2.75) is 13.0 Å². The number of pyridine rings is 1. The Morgan fingerprint density at radius 1 is 1.52 bits per heavy atom. The Morgan fingerprint density at radius 3 is 3.04 bits per heavy atom. The van der Waals surface area contributed by atoms with Crippen molar-refractivity contribution in [3.63, 3.8) is 0 Å². The number of halogens is 2. The number of hydrogen-bond donors (Lipinski definition) is 2. The predicted octanol–water partition coefficient (Wildman–Crippen LogP) is 2.11. The van der Waals surface area contributed by atoms with Gasteiger partial charge in [0.15, 0.2) is 0 Å². The first-order valence-electron chi connectivity index (χ1n) is 7.47. The number of aromatic nitrogens is 2. The van der Waals surface area contributed by atoms with Crippen LogP contribution < -0.4 is 15.4 Å². The number of amides is 2. The van der Waals surface area contributed by atoms with Gasteiger partial charge in [-0.25, -0.2) is 4.79 Å². The largest absolute Gasteiger partial charge is 0.490 e. The van der Waals surface area contributed by atoms with E-state index in [0.717, 1.165) is 12.2 Å². The van der Waals surface area contributed by atoms with Crippen LogP contribution in [-0.4, -0.2) is 53.4 Å². The SMILES string of the molecule is Cc1cc(NC(=O)N2CCNCC2COc2cccnc2)on1.Cl.Cl. The highest BCUT2D eigenvalue weighted by Crippen LogP contribution is 2.13. The molecule has 0 aromatic carbocycles. The molecule has 10 heteroatoms. The molecule has 2 N–H and O–H groups in total. The highest BCUT2D eigenvalue weighted by atomic mass is 35.5. The second-order valence-corrected chi connectivity index (χ2v) is 5.31. The van der Waals surface area contributed by atoms with Gasteiger partial charge in [-0.15, -0.1) is 24.8 Å². The van der Waals surface area contributed by atoms with E-state index in [1.165, 1.54) is 0 Å². The minimum absolute atomic E-state index is 0. The van der Waals surface area contributed by atoms with Crippen LogP contribution >= 0.6 is 24.8 Å². The summed E-state index contributed by atoms with van der Waals surface area (Å²) in [5, 5.41) is 9.75. The zero-order valence-electron chi connectivity index (χ0n) is 13.7. The Balaban J connectivity index is 0.00000156. The van der Waals surface area contributed by atoms with Crippen molar-refractivity contribution in [2.75, 3.05) is 31.6 Å². The number of anilines is 1. The Kier molecular flexibility index (Phi) is 8.47. The van der Waals surface area contributed by atoms with E-state index in [0.29, 0.717) is 31.3 Å². The average molecular weight is 390 g/mol. The molecular formula is C15H21Cl2N5O3. The molecule has 0 aliphatic carbocycles. The number of carbonyl (C=O) groups is 1. The highest BCUT2D eigenvalue weighted by molar-refractivity contribution is 5.88. The van der Waals surface area contributed by atoms with Crippen molar-refractivity contribution in [1.82, 2.24) is 20.4 Å². The van der Waals surface area contributed by atoms with Crippen molar-refractivity contribution in [2.24, 2.45) is 0 Å². The van der Waals surface area contributed by atoms with Gasteiger partial charge in [-0.05, 0) is 19.1 Å². The van der Waals surface area contributed by atoms with E-state index in [2.05, 4.69) is 20.8 Å². The summed E-state index contributed by atoms with van der Waals surface area (Å²) in [6.07, 6.45) is 3.34.